The van der Waals surface area contributed by atoms with E-state index in [2.05, 4.69) is 36.5 Å². The predicted molar refractivity (Wildman–Crippen MR) is 139 cm³/mol. The number of aromatic nitrogens is 3. The minimum absolute atomic E-state index is 0. The van der Waals surface area contributed by atoms with Crippen LogP contribution in [-0.4, -0.2) is 72.8 Å². The number of ether oxygens (including phenoxy) is 1. The van der Waals surface area contributed by atoms with E-state index in [9.17, 15) is 4.79 Å². The summed E-state index contributed by atoms with van der Waals surface area (Å²) in [6, 6.07) is 4.62. The van der Waals surface area contributed by atoms with Gasteiger partial charge in [0.1, 0.15) is 17.1 Å². The molecule has 9 nitrogen and oxygen atoms in total. The molecule has 0 radical (unpaired) electrons. The Morgan fingerprint density at radius 3 is 2.57 bits per heavy atom. The van der Waals surface area contributed by atoms with Crippen molar-refractivity contribution in [1.82, 2.24) is 20.3 Å². The van der Waals surface area contributed by atoms with Gasteiger partial charge in [0.2, 0.25) is 5.91 Å². The van der Waals surface area contributed by atoms with Crippen molar-refractivity contribution in [2.75, 3.05) is 61.1 Å². The molecule has 1 aliphatic carbocycles. The highest BCUT2D eigenvalue weighted by atomic mass is 16.5. The molecular formula is C26H39N7O2. The second kappa shape index (κ2) is 9.70. The molecule has 0 unspecified atom stereocenters. The standard InChI is InChI=1S/C26H35N7O2.2H2/c34-25(31-22-14-27-15-24(30-22)32-9-1-2-10-32)26(17-35-18-26)20-7-8-23(29-13-20)33-11-3-4-21(16-33)28-12-19-5-6-19;;/h7-8,13-15,19,21,28H,1-6,9-12,16-18H2,(H,30,31,34);2*1H/t21-;;/m1../s1. The molecule has 3 saturated heterocycles. The third kappa shape index (κ3) is 4.84. The molecule has 2 aromatic rings. The maximum atomic E-state index is 13.4. The number of carbonyl (C=O) groups is 1. The Bertz CT molecular complexity index is 1040. The monoisotopic (exact) mass is 481 g/mol. The van der Waals surface area contributed by atoms with Crippen LogP contribution in [0.25, 0.3) is 0 Å². The molecule has 0 bridgehead atoms. The van der Waals surface area contributed by atoms with Crippen molar-refractivity contribution in [2.45, 2.75) is 50.0 Å². The highest BCUT2D eigenvalue weighted by Gasteiger charge is 2.48. The number of amides is 1. The Balaban J connectivity index is 0.00000160. The van der Waals surface area contributed by atoms with Crippen LogP contribution in [0.3, 0.4) is 0 Å². The number of pyridine rings is 1. The van der Waals surface area contributed by atoms with Crippen LogP contribution in [0.5, 0.6) is 0 Å². The van der Waals surface area contributed by atoms with E-state index in [-0.39, 0.29) is 8.76 Å². The molecule has 0 aromatic carbocycles. The third-order valence-electron chi connectivity index (χ3n) is 7.86. The van der Waals surface area contributed by atoms with E-state index in [1.54, 1.807) is 12.4 Å². The van der Waals surface area contributed by atoms with Crippen LogP contribution in [0.4, 0.5) is 17.5 Å². The fourth-order valence-electron chi connectivity index (χ4n) is 5.35. The summed E-state index contributed by atoms with van der Waals surface area (Å²) in [4.78, 5) is 31.7. The number of carbonyl (C=O) groups excluding carboxylic acids is 1. The van der Waals surface area contributed by atoms with Crippen LogP contribution in [0.2, 0.25) is 0 Å². The lowest BCUT2D eigenvalue weighted by Gasteiger charge is -2.40. The van der Waals surface area contributed by atoms with Gasteiger partial charge in [-0.15, -0.1) is 0 Å². The van der Waals surface area contributed by atoms with Gasteiger partial charge in [-0.25, -0.2) is 9.97 Å². The van der Waals surface area contributed by atoms with Gasteiger partial charge in [-0.2, -0.15) is 0 Å². The van der Waals surface area contributed by atoms with Gasteiger partial charge in [0.25, 0.3) is 0 Å². The second-order valence-corrected chi connectivity index (χ2v) is 10.5. The summed E-state index contributed by atoms with van der Waals surface area (Å²) in [6.07, 6.45) is 12.7. The summed E-state index contributed by atoms with van der Waals surface area (Å²) in [6.45, 7) is 5.81. The molecule has 0 spiro atoms. The highest BCUT2D eigenvalue weighted by molar-refractivity contribution is 5.99. The summed E-state index contributed by atoms with van der Waals surface area (Å²) < 4.78 is 5.52. The van der Waals surface area contributed by atoms with Gasteiger partial charge >= 0.3 is 0 Å². The molecule has 2 N–H and O–H groups in total. The second-order valence-electron chi connectivity index (χ2n) is 10.5. The van der Waals surface area contributed by atoms with Gasteiger partial charge in [0.15, 0.2) is 5.82 Å². The van der Waals surface area contributed by atoms with Crippen LogP contribution in [0.15, 0.2) is 30.7 Å². The molecule has 6 rings (SSSR count). The van der Waals surface area contributed by atoms with Crippen LogP contribution >= 0.6 is 0 Å². The highest BCUT2D eigenvalue weighted by Crippen LogP contribution is 2.34. The maximum absolute atomic E-state index is 13.4. The molecule has 190 valence electrons. The Labute approximate surface area is 209 Å². The maximum Gasteiger partial charge on any atom is 0.241 e. The number of hydrogen-bond acceptors (Lipinski definition) is 8. The van der Waals surface area contributed by atoms with Crippen molar-refractivity contribution >= 4 is 23.4 Å². The molecule has 1 amide bonds. The van der Waals surface area contributed by atoms with Crippen molar-refractivity contribution < 1.29 is 12.4 Å². The summed E-state index contributed by atoms with van der Waals surface area (Å²) in [7, 11) is 0. The molecular weight excluding hydrogens is 442 g/mol. The third-order valence-corrected chi connectivity index (χ3v) is 7.86. The molecule has 4 aliphatic rings. The summed E-state index contributed by atoms with van der Waals surface area (Å²) in [5, 5.41) is 6.74. The van der Waals surface area contributed by atoms with Crippen LogP contribution in [-0.2, 0) is 14.9 Å². The molecule has 35 heavy (non-hydrogen) atoms. The van der Waals surface area contributed by atoms with Gasteiger partial charge < -0.3 is 25.2 Å². The van der Waals surface area contributed by atoms with Gasteiger partial charge in [-0.05, 0) is 62.6 Å². The Morgan fingerprint density at radius 1 is 1.03 bits per heavy atom. The van der Waals surface area contributed by atoms with Crippen LogP contribution in [0.1, 0.15) is 46.9 Å². The number of nitrogens with zero attached hydrogens (tertiary/aromatic N) is 5. The van der Waals surface area contributed by atoms with E-state index in [0.717, 1.165) is 68.7 Å². The normalized spacial score (nSPS) is 23.7. The van der Waals surface area contributed by atoms with Crippen molar-refractivity contribution in [1.29, 1.82) is 0 Å². The van der Waals surface area contributed by atoms with Crippen LogP contribution < -0.4 is 20.4 Å². The Morgan fingerprint density at radius 2 is 1.86 bits per heavy atom. The SMILES string of the molecule is O=C(Nc1cncc(N2CCCC2)n1)C1(c2ccc(N3CCC[C@@H](NCC4CC4)C3)nc2)COC1.[HH].[HH]. The first-order chi connectivity index (χ1) is 17.2. The smallest absolute Gasteiger partial charge is 0.241 e. The zero-order valence-electron chi connectivity index (χ0n) is 20.3. The Kier molecular flexibility index (Phi) is 6.28. The topological polar surface area (TPSA) is 95.5 Å². The molecule has 4 fully saturated rings. The molecule has 5 heterocycles. The molecule has 9 heteroatoms. The minimum atomic E-state index is -0.743. The summed E-state index contributed by atoms with van der Waals surface area (Å²) >= 11 is 0. The average molecular weight is 482 g/mol. The molecule has 1 atom stereocenters. The molecule has 1 saturated carbocycles. The van der Waals surface area contributed by atoms with E-state index < -0.39 is 5.41 Å². The summed E-state index contributed by atoms with van der Waals surface area (Å²) in [5.74, 6) is 3.05. The first kappa shape index (κ1) is 22.7. The van der Waals surface area contributed by atoms with Crippen molar-refractivity contribution in [2.24, 2.45) is 5.92 Å². The Hall–Kier alpha value is -2.78. The lowest BCUT2D eigenvalue weighted by molar-refractivity contribution is -0.139. The summed E-state index contributed by atoms with van der Waals surface area (Å²) in [5.41, 5.74) is 0.140. The number of anilines is 3. The van der Waals surface area contributed by atoms with Gasteiger partial charge in [0.05, 0.1) is 25.6 Å². The lowest BCUT2D eigenvalue weighted by Crippen LogP contribution is -2.55. The molecule has 3 aliphatic heterocycles. The van der Waals surface area contributed by atoms with E-state index in [1.807, 2.05) is 12.3 Å². The van der Waals surface area contributed by atoms with Crippen molar-refractivity contribution in [3.05, 3.63) is 36.3 Å². The van der Waals surface area contributed by atoms with Gasteiger partial charge in [0, 0.05) is 41.3 Å². The molecule has 2 aromatic heterocycles. The zero-order valence-corrected chi connectivity index (χ0v) is 20.3. The van der Waals surface area contributed by atoms with E-state index in [0.29, 0.717) is 25.1 Å². The predicted octanol–water partition coefficient (Wildman–Crippen LogP) is 2.84. The van der Waals surface area contributed by atoms with E-state index in [1.165, 1.54) is 25.7 Å². The van der Waals surface area contributed by atoms with E-state index in [4.69, 9.17) is 9.72 Å². The van der Waals surface area contributed by atoms with Crippen molar-refractivity contribution in [3.63, 3.8) is 0 Å². The largest absolute Gasteiger partial charge is 0.378 e. The fourth-order valence-corrected chi connectivity index (χ4v) is 5.35. The first-order valence-corrected chi connectivity index (χ1v) is 13.1. The fraction of sp³-hybridized carbons (Fsp3) is 0.615. The first-order valence-electron chi connectivity index (χ1n) is 13.1. The number of piperidine rings is 1. The number of nitrogens with one attached hydrogen (secondary N) is 2. The quantitative estimate of drug-likeness (QED) is 0.594. The van der Waals surface area contributed by atoms with Crippen molar-refractivity contribution in [3.8, 4) is 0 Å². The van der Waals surface area contributed by atoms with Gasteiger partial charge in [-0.1, -0.05) is 6.07 Å². The average Bonchev–Trinajstić information content (AvgIpc) is 3.53. The number of hydrogen-bond donors (Lipinski definition) is 2. The number of rotatable bonds is 8. The zero-order chi connectivity index (χ0) is 23.7. The van der Waals surface area contributed by atoms with Crippen LogP contribution in [0, 0.1) is 5.92 Å². The van der Waals surface area contributed by atoms with Gasteiger partial charge in [-0.3, -0.25) is 9.78 Å². The lowest BCUT2D eigenvalue weighted by atomic mass is 9.78. The minimum Gasteiger partial charge on any atom is -0.378 e. The van der Waals surface area contributed by atoms with E-state index >= 15 is 0 Å².